The molecule has 4 rings (SSSR count). The fourth-order valence-corrected chi connectivity index (χ4v) is 3.24. The van der Waals surface area contributed by atoms with Gasteiger partial charge in [-0.15, -0.1) is 0 Å². The monoisotopic (exact) mass is 524 g/mol. The van der Waals surface area contributed by atoms with Gasteiger partial charge in [0.1, 0.15) is 18.5 Å². The van der Waals surface area contributed by atoms with Crippen LogP contribution in [0, 0.1) is 0 Å². The second-order valence-corrected chi connectivity index (χ2v) is 7.54. The van der Waals surface area contributed by atoms with E-state index in [-0.39, 0.29) is 0 Å². The highest BCUT2D eigenvalue weighted by Gasteiger charge is 2.38. The third-order valence-corrected chi connectivity index (χ3v) is 4.90. The summed E-state index contributed by atoms with van der Waals surface area (Å²) in [6, 6.07) is 8.26. The second-order valence-electron chi connectivity index (χ2n) is 7.54. The van der Waals surface area contributed by atoms with Crippen molar-refractivity contribution >= 4 is 23.0 Å². The van der Waals surface area contributed by atoms with Crippen LogP contribution in [0.15, 0.2) is 36.9 Å². The molecule has 1 aliphatic heterocycles. The highest BCUT2D eigenvalue weighted by atomic mass is 19.4. The molecule has 3 N–H and O–H groups in total. The zero-order chi connectivity index (χ0) is 26.9. The van der Waals surface area contributed by atoms with Crippen LogP contribution in [0.5, 0.6) is 0 Å². The van der Waals surface area contributed by atoms with Crippen molar-refractivity contribution in [1.29, 1.82) is 0 Å². The Hall–Kier alpha value is -3.69. The Bertz CT molecular complexity index is 1060. The van der Waals surface area contributed by atoms with Gasteiger partial charge in [-0.3, -0.25) is 4.68 Å². The van der Waals surface area contributed by atoms with Crippen molar-refractivity contribution in [3.8, 4) is 0 Å². The van der Waals surface area contributed by atoms with Crippen molar-refractivity contribution in [3.63, 3.8) is 0 Å². The first-order valence-electron chi connectivity index (χ1n) is 10.4. The maximum atomic E-state index is 10.6. The number of aliphatic carboxylic acids is 2. The summed E-state index contributed by atoms with van der Waals surface area (Å²) in [6.45, 7) is 4.13. The SMILES string of the molecule is O=C(O)C(F)(F)F.O=C(O)C(F)(F)F.c1ccc2[nH]c(C3CCCN(CCn4cncn4)C3)nc2c1. The number of likely N-dealkylation sites (tertiary alicyclic amines) is 1. The number of hydrogen-bond donors (Lipinski definition) is 3. The standard InChI is InChI=1S/C16H20N6.2C2HF3O2/c1-2-6-15-14(5-1)19-16(20-15)13-4-3-7-21(10-13)8-9-22-12-17-11-18-22;2*3-2(4,5)1(6)7/h1-2,5-6,11-13H,3-4,7-10H2,(H,19,20);2*(H,6,7). The van der Waals surface area contributed by atoms with E-state index in [1.165, 1.54) is 12.8 Å². The first kappa shape index (κ1) is 28.5. The Kier molecular flexibility index (Phi) is 9.77. The van der Waals surface area contributed by atoms with Gasteiger partial charge in [-0.05, 0) is 31.5 Å². The summed E-state index contributed by atoms with van der Waals surface area (Å²) in [5.74, 6) is -3.89. The van der Waals surface area contributed by atoms with E-state index >= 15 is 0 Å². The minimum atomic E-state index is -5.08. The number of hydrogen-bond acceptors (Lipinski definition) is 6. The predicted octanol–water partition coefficient (Wildman–Crippen LogP) is 3.30. The number of H-pyrrole nitrogens is 1. The lowest BCUT2D eigenvalue weighted by Crippen LogP contribution is -2.36. The van der Waals surface area contributed by atoms with Gasteiger partial charge in [0, 0.05) is 19.0 Å². The van der Waals surface area contributed by atoms with E-state index in [0.29, 0.717) is 5.92 Å². The number of alkyl halides is 6. The van der Waals surface area contributed by atoms with E-state index in [0.717, 1.165) is 43.0 Å². The molecule has 198 valence electrons. The molecule has 36 heavy (non-hydrogen) atoms. The zero-order valence-corrected chi connectivity index (χ0v) is 18.5. The van der Waals surface area contributed by atoms with E-state index in [4.69, 9.17) is 24.8 Å². The van der Waals surface area contributed by atoms with Crippen LogP contribution in [0.3, 0.4) is 0 Å². The largest absolute Gasteiger partial charge is 0.490 e. The van der Waals surface area contributed by atoms with E-state index < -0.39 is 24.3 Å². The lowest BCUT2D eigenvalue weighted by Gasteiger charge is -2.31. The summed E-state index contributed by atoms with van der Waals surface area (Å²) in [4.78, 5) is 32.5. The Morgan fingerprint density at radius 1 is 1.03 bits per heavy atom. The number of halogens is 6. The van der Waals surface area contributed by atoms with Crippen molar-refractivity contribution in [2.24, 2.45) is 0 Å². The van der Waals surface area contributed by atoms with Crippen LogP contribution in [0.4, 0.5) is 26.3 Å². The molecule has 3 heterocycles. The van der Waals surface area contributed by atoms with Gasteiger partial charge in [0.2, 0.25) is 0 Å². The summed E-state index contributed by atoms with van der Waals surface area (Å²) < 4.78 is 65.4. The van der Waals surface area contributed by atoms with Crippen molar-refractivity contribution in [2.75, 3.05) is 19.6 Å². The molecule has 0 spiro atoms. The zero-order valence-electron chi connectivity index (χ0n) is 18.5. The molecule has 1 aromatic carbocycles. The van der Waals surface area contributed by atoms with Gasteiger partial charge >= 0.3 is 24.3 Å². The number of para-hydroxylation sites is 2. The normalized spacial score (nSPS) is 16.4. The number of piperidine rings is 1. The van der Waals surface area contributed by atoms with Crippen molar-refractivity contribution in [3.05, 3.63) is 42.7 Å². The fraction of sp³-hybridized carbons (Fsp3) is 0.450. The number of rotatable bonds is 4. The van der Waals surface area contributed by atoms with E-state index in [1.54, 1.807) is 12.7 Å². The number of carbonyl (C=O) groups is 2. The molecule has 0 radical (unpaired) electrons. The van der Waals surface area contributed by atoms with E-state index in [1.807, 2.05) is 10.7 Å². The van der Waals surface area contributed by atoms with Crippen molar-refractivity contribution in [1.82, 2.24) is 29.6 Å². The molecule has 1 fully saturated rings. The minimum absolute atomic E-state index is 0.497. The topological polar surface area (TPSA) is 137 Å². The third kappa shape index (κ3) is 9.16. The van der Waals surface area contributed by atoms with Gasteiger partial charge in [0.25, 0.3) is 0 Å². The summed E-state index contributed by atoms with van der Waals surface area (Å²) in [5, 5.41) is 18.4. The molecular formula is C20H22F6N6O4. The molecule has 10 nitrogen and oxygen atoms in total. The number of carboxylic acid groups (broad SMARTS) is 2. The van der Waals surface area contributed by atoms with Crippen LogP contribution >= 0.6 is 0 Å². The van der Waals surface area contributed by atoms with Crippen molar-refractivity contribution < 1.29 is 46.1 Å². The van der Waals surface area contributed by atoms with Crippen LogP contribution in [0.25, 0.3) is 11.0 Å². The number of benzene rings is 1. The van der Waals surface area contributed by atoms with Crippen LogP contribution in [-0.2, 0) is 16.1 Å². The minimum Gasteiger partial charge on any atom is -0.475 e. The molecular weight excluding hydrogens is 502 g/mol. The molecule has 1 unspecified atom stereocenters. The van der Waals surface area contributed by atoms with Crippen LogP contribution in [0.1, 0.15) is 24.6 Å². The first-order valence-corrected chi connectivity index (χ1v) is 10.4. The lowest BCUT2D eigenvalue weighted by atomic mass is 9.97. The van der Waals surface area contributed by atoms with Crippen LogP contribution in [-0.4, -0.2) is 83.8 Å². The second kappa shape index (κ2) is 12.3. The maximum absolute atomic E-state index is 10.6. The molecule has 3 aromatic rings. The highest BCUT2D eigenvalue weighted by Crippen LogP contribution is 2.26. The number of aromatic nitrogens is 5. The Balaban J connectivity index is 0.000000271. The van der Waals surface area contributed by atoms with Gasteiger partial charge in [0.05, 0.1) is 17.6 Å². The molecule has 0 bridgehead atoms. The summed E-state index contributed by atoms with van der Waals surface area (Å²) in [7, 11) is 0. The Morgan fingerprint density at radius 3 is 2.17 bits per heavy atom. The van der Waals surface area contributed by atoms with Gasteiger partial charge in [-0.25, -0.2) is 19.6 Å². The number of imidazole rings is 1. The lowest BCUT2D eigenvalue weighted by molar-refractivity contribution is -0.193. The fourth-order valence-electron chi connectivity index (χ4n) is 3.24. The molecule has 0 amide bonds. The number of nitrogens with one attached hydrogen (secondary N) is 1. The summed E-state index contributed by atoms with van der Waals surface area (Å²) in [6.07, 6.45) is -4.37. The smallest absolute Gasteiger partial charge is 0.475 e. The Morgan fingerprint density at radius 2 is 1.64 bits per heavy atom. The van der Waals surface area contributed by atoms with Gasteiger partial charge < -0.3 is 20.1 Å². The average molecular weight is 524 g/mol. The van der Waals surface area contributed by atoms with Gasteiger partial charge in [-0.1, -0.05) is 12.1 Å². The Labute approximate surface area is 199 Å². The summed E-state index contributed by atoms with van der Waals surface area (Å²) in [5.41, 5.74) is 2.20. The third-order valence-electron chi connectivity index (χ3n) is 4.90. The predicted molar refractivity (Wildman–Crippen MR) is 112 cm³/mol. The van der Waals surface area contributed by atoms with Gasteiger partial charge in [-0.2, -0.15) is 31.4 Å². The highest BCUT2D eigenvalue weighted by molar-refractivity contribution is 5.75. The number of nitrogens with zero attached hydrogens (tertiary/aromatic N) is 5. The molecule has 0 aliphatic carbocycles. The number of aromatic amines is 1. The van der Waals surface area contributed by atoms with Crippen molar-refractivity contribution in [2.45, 2.75) is 37.7 Å². The molecule has 0 saturated carbocycles. The van der Waals surface area contributed by atoms with Gasteiger partial charge in [0.15, 0.2) is 0 Å². The maximum Gasteiger partial charge on any atom is 0.490 e. The number of carboxylic acids is 2. The molecule has 1 atom stereocenters. The molecule has 1 aliphatic rings. The van der Waals surface area contributed by atoms with Crippen LogP contribution in [0.2, 0.25) is 0 Å². The average Bonchev–Trinajstić information content (AvgIpc) is 3.47. The molecule has 2 aromatic heterocycles. The first-order chi connectivity index (χ1) is 16.8. The molecule has 16 heteroatoms. The quantitative estimate of drug-likeness (QED) is 0.442. The number of fused-ring (bicyclic) bond motifs is 1. The molecule has 1 saturated heterocycles. The van der Waals surface area contributed by atoms with E-state index in [2.05, 4.69) is 38.2 Å². The van der Waals surface area contributed by atoms with Crippen LogP contribution < -0.4 is 0 Å². The summed E-state index contributed by atoms with van der Waals surface area (Å²) >= 11 is 0. The van der Waals surface area contributed by atoms with E-state index in [9.17, 15) is 26.3 Å².